The topological polar surface area (TPSA) is 46.4 Å². The van der Waals surface area contributed by atoms with Gasteiger partial charge in [0.2, 0.25) is 0 Å². The zero-order chi connectivity index (χ0) is 14.8. The van der Waals surface area contributed by atoms with Crippen molar-refractivity contribution in [3.63, 3.8) is 0 Å². The monoisotopic (exact) mass is 343 g/mol. The second-order valence-corrected chi connectivity index (χ2v) is 5.59. The van der Waals surface area contributed by atoms with Crippen LogP contribution in [0.1, 0.15) is 21.7 Å². The SMILES string of the molecule is Cc1nc2ccccn2c1CNC(=O)c1ccccc1Br. The Balaban J connectivity index is 1.82. The molecule has 1 aromatic carbocycles. The summed E-state index contributed by atoms with van der Waals surface area (Å²) in [5.41, 5.74) is 3.43. The van der Waals surface area contributed by atoms with Crippen LogP contribution in [0.25, 0.3) is 5.65 Å². The van der Waals surface area contributed by atoms with Crippen LogP contribution < -0.4 is 5.32 Å². The number of imidazole rings is 1. The average molecular weight is 344 g/mol. The van der Waals surface area contributed by atoms with Crippen molar-refractivity contribution in [3.8, 4) is 0 Å². The van der Waals surface area contributed by atoms with E-state index in [0.717, 1.165) is 21.5 Å². The summed E-state index contributed by atoms with van der Waals surface area (Å²) in [6.07, 6.45) is 1.95. The fourth-order valence-corrected chi connectivity index (χ4v) is 2.75. The van der Waals surface area contributed by atoms with E-state index in [1.54, 1.807) is 6.07 Å². The van der Waals surface area contributed by atoms with E-state index in [1.165, 1.54) is 0 Å². The van der Waals surface area contributed by atoms with Crippen molar-refractivity contribution in [3.05, 3.63) is 70.1 Å². The summed E-state index contributed by atoms with van der Waals surface area (Å²) in [5, 5.41) is 2.95. The lowest BCUT2D eigenvalue weighted by atomic mass is 10.2. The second kappa shape index (κ2) is 5.69. The van der Waals surface area contributed by atoms with E-state index < -0.39 is 0 Å². The number of pyridine rings is 1. The fraction of sp³-hybridized carbons (Fsp3) is 0.125. The van der Waals surface area contributed by atoms with Gasteiger partial charge in [-0.1, -0.05) is 18.2 Å². The number of rotatable bonds is 3. The minimum Gasteiger partial charge on any atom is -0.346 e. The number of aryl methyl sites for hydroxylation is 1. The van der Waals surface area contributed by atoms with Crippen LogP contribution in [0.15, 0.2) is 53.1 Å². The molecule has 0 saturated heterocycles. The number of aromatic nitrogens is 2. The molecule has 0 saturated carbocycles. The van der Waals surface area contributed by atoms with Crippen LogP contribution in [-0.4, -0.2) is 15.3 Å². The van der Waals surface area contributed by atoms with Crippen molar-refractivity contribution in [2.45, 2.75) is 13.5 Å². The molecular formula is C16H14BrN3O. The highest BCUT2D eigenvalue weighted by molar-refractivity contribution is 9.10. The van der Waals surface area contributed by atoms with Gasteiger partial charge in [0.15, 0.2) is 0 Å². The Kier molecular flexibility index (Phi) is 3.75. The van der Waals surface area contributed by atoms with Crippen molar-refractivity contribution in [2.24, 2.45) is 0 Å². The molecule has 3 rings (SSSR count). The predicted molar refractivity (Wildman–Crippen MR) is 85.2 cm³/mol. The van der Waals surface area contributed by atoms with E-state index >= 15 is 0 Å². The van der Waals surface area contributed by atoms with Gasteiger partial charge in [-0.15, -0.1) is 0 Å². The molecule has 0 bridgehead atoms. The van der Waals surface area contributed by atoms with Gasteiger partial charge >= 0.3 is 0 Å². The Labute approximate surface area is 131 Å². The lowest BCUT2D eigenvalue weighted by Crippen LogP contribution is -2.24. The minimum atomic E-state index is -0.104. The summed E-state index contributed by atoms with van der Waals surface area (Å²) in [7, 11) is 0. The first-order chi connectivity index (χ1) is 10.2. The van der Waals surface area contributed by atoms with Crippen LogP contribution in [0.3, 0.4) is 0 Å². The fourth-order valence-electron chi connectivity index (χ4n) is 2.28. The van der Waals surface area contributed by atoms with Crippen molar-refractivity contribution in [1.29, 1.82) is 0 Å². The molecule has 0 aliphatic rings. The van der Waals surface area contributed by atoms with Gasteiger partial charge in [-0.05, 0) is 47.1 Å². The van der Waals surface area contributed by atoms with E-state index in [0.29, 0.717) is 12.1 Å². The van der Waals surface area contributed by atoms with E-state index in [2.05, 4.69) is 26.2 Å². The Morgan fingerprint density at radius 3 is 2.81 bits per heavy atom. The molecule has 2 heterocycles. The molecule has 2 aromatic heterocycles. The molecule has 21 heavy (non-hydrogen) atoms. The van der Waals surface area contributed by atoms with Crippen LogP contribution >= 0.6 is 15.9 Å². The van der Waals surface area contributed by atoms with Gasteiger partial charge in [-0.25, -0.2) is 4.98 Å². The third-order valence-corrected chi connectivity index (χ3v) is 4.06. The number of carbonyl (C=O) groups excluding carboxylic acids is 1. The van der Waals surface area contributed by atoms with Gasteiger partial charge in [0.05, 0.1) is 23.5 Å². The highest BCUT2D eigenvalue weighted by Crippen LogP contribution is 2.16. The first-order valence-corrected chi connectivity index (χ1v) is 7.41. The zero-order valence-electron chi connectivity index (χ0n) is 11.5. The Hall–Kier alpha value is -2.14. The smallest absolute Gasteiger partial charge is 0.252 e. The number of nitrogens with one attached hydrogen (secondary N) is 1. The number of halogens is 1. The molecule has 0 fully saturated rings. The molecule has 0 spiro atoms. The zero-order valence-corrected chi connectivity index (χ0v) is 13.1. The molecule has 1 amide bonds. The molecule has 0 aliphatic heterocycles. The third kappa shape index (κ3) is 2.69. The summed E-state index contributed by atoms with van der Waals surface area (Å²) in [4.78, 5) is 16.7. The van der Waals surface area contributed by atoms with Gasteiger partial charge in [-0.3, -0.25) is 4.79 Å². The largest absolute Gasteiger partial charge is 0.346 e. The summed E-state index contributed by atoms with van der Waals surface area (Å²) in [6.45, 7) is 2.39. The first kappa shape index (κ1) is 13.8. The van der Waals surface area contributed by atoms with E-state index in [-0.39, 0.29) is 5.91 Å². The number of carbonyl (C=O) groups is 1. The minimum absolute atomic E-state index is 0.104. The van der Waals surface area contributed by atoms with Crippen molar-refractivity contribution < 1.29 is 4.79 Å². The van der Waals surface area contributed by atoms with E-state index in [9.17, 15) is 4.79 Å². The number of benzene rings is 1. The lowest BCUT2D eigenvalue weighted by molar-refractivity contribution is 0.0949. The Bertz CT molecular complexity index is 810. The summed E-state index contributed by atoms with van der Waals surface area (Å²) in [6, 6.07) is 13.2. The molecule has 0 atom stereocenters. The van der Waals surface area contributed by atoms with Crippen LogP contribution in [0.5, 0.6) is 0 Å². The Morgan fingerprint density at radius 2 is 2.00 bits per heavy atom. The quantitative estimate of drug-likeness (QED) is 0.792. The van der Waals surface area contributed by atoms with Crippen LogP contribution in [0, 0.1) is 6.92 Å². The van der Waals surface area contributed by atoms with Gasteiger partial charge in [0.1, 0.15) is 5.65 Å². The van der Waals surface area contributed by atoms with Gasteiger partial charge in [-0.2, -0.15) is 0 Å². The van der Waals surface area contributed by atoms with Crippen LogP contribution in [0.4, 0.5) is 0 Å². The molecular weight excluding hydrogens is 330 g/mol. The molecule has 0 radical (unpaired) electrons. The molecule has 4 nitrogen and oxygen atoms in total. The molecule has 0 aliphatic carbocycles. The van der Waals surface area contributed by atoms with Gasteiger partial charge < -0.3 is 9.72 Å². The molecule has 5 heteroatoms. The first-order valence-electron chi connectivity index (χ1n) is 6.62. The number of fused-ring (bicyclic) bond motifs is 1. The summed E-state index contributed by atoms with van der Waals surface area (Å²) in [5.74, 6) is -0.104. The maximum Gasteiger partial charge on any atom is 0.252 e. The number of hydrogen-bond acceptors (Lipinski definition) is 2. The second-order valence-electron chi connectivity index (χ2n) is 4.74. The standard InChI is InChI=1S/C16H14BrN3O/c1-11-14(20-9-5-4-8-15(20)19-11)10-18-16(21)12-6-2-3-7-13(12)17/h2-9H,10H2,1H3,(H,18,21). The summed E-state index contributed by atoms with van der Waals surface area (Å²) >= 11 is 3.39. The molecule has 3 aromatic rings. The number of hydrogen-bond donors (Lipinski definition) is 1. The highest BCUT2D eigenvalue weighted by Gasteiger charge is 2.12. The summed E-state index contributed by atoms with van der Waals surface area (Å²) < 4.78 is 2.78. The molecule has 1 N–H and O–H groups in total. The normalized spacial score (nSPS) is 10.8. The van der Waals surface area contributed by atoms with E-state index in [1.807, 2.05) is 53.9 Å². The maximum absolute atomic E-state index is 12.2. The molecule has 106 valence electrons. The van der Waals surface area contributed by atoms with Crippen molar-refractivity contribution in [1.82, 2.24) is 14.7 Å². The molecule has 0 unspecified atom stereocenters. The van der Waals surface area contributed by atoms with Gasteiger partial charge in [0, 0.05) is 10.7 Å². The van der Waals surface area contributed by atoms with Gasteiger partial charge in [0.25, 0.3) is 5.91 Å². The van der Waals surface area contributed by atoms with Crippen LogP contribution in [0.2, 0.25) is 0 Å². The number of nitrogens with zero attached hydrogens (tertiary/aromatic N) is 2. The van der Waals surface area contributed by atoms with E-state index in [4.69, 9.17) is 0 Å². The Morgan fingerprint density at radius 1 is 1.24 bits per heavy atom. The highest BCUT2D eigenvalue weighted by atomic mass is 79.9. The van der Waals surface area contributed by atoms with Crippen molar-refractivity contribution in [2.75, 3.05) is 0 Å². The lowest BCUT2D eigenvalue weighted by Gasteiger charge is -2.07. The van der Waals surface area contributed by atoms with Crippen LogP contribution in [-0.2, 0) is 6.54 Å². The number of amides is 1. The van der Waals surface area contributed by atoms with Crippen molar-refractivity contribution >= 4 is 27.5 Å². The third-order valence-electron chi connectivity index (χ3n) is 3.36. The maximum atomic E-state index is 12.2. The average Bonchev–Trinajstić information content (AvgIpc) is 2.81. The predicted octanol–water partition coefficient (Wildman–Crippen LogP) is 3.34.